The summed E-state index contributed by atoms with van der Waals surface area (Å²) in [5.41, 5.74) is 5.62. The Morgan fingerprint density at radius 1 is 1.00 bits per heavy atom. The maximum atomic E-state index is 5.81. The largest absolute Gasteiger partial charge is 0.352 e. The molecule has 4 aromatic rings. The van der Waals surface area contributed by atoms with E-state index in [-0.39, 0.29) is 12.1 Å². The van der Waals surface area contributed by atoms with Gasteiger partial charge in [0, 0.05) is 42.7 Å². The van der Waals surface area contributed by atoms with Crippen molar-refractivity contribution in [3.8, 4) is 5.69 Å². The maximum absolute atomic E-state index is 5.81. The molecule has 0 spiro atoms. The first kappa shape index (κ1) is 19.5. The van der Waals surface area contributed by atoms with Crippen LogP contribution in [0, 0.1) is 6.92 Å². The van der Waals surface area contributed by atoms with Gasteiger partial charge in [0.2, 0.25) is 0 Å². The average molecular weight is 426 g/mol. The van der Waals surface area contributed by atoms with E-state index >= 15 is 0 Å². The Bertz CT molecular complexity index is 1190. The number of hydrogen-bond donors (Lipinski definition) is 1. The summed E-state index contributed by atoms with van der Waals surface area (Å²) in [7, 11) is 0. The first-order valence-corrected chi connectivity index (χ1v) is 10.7. The minimum Gasteiger partial charge on any atom is -0.352 e. The fourth-order valence-corrected chi connectivity index (χ4v) is 4.54. The highest BCUT2D eigenvalue weighted by Gasteiger charge is 2.41. The van der Waals surface area contributed by atoms with E-state index in [2.05, 4.69) is 86.4 Å². The molecule has 0 amide bonds. The van der Waals surface area contributed by atoms with E-state index in [0.29, 0.717) is 6.54 Å². The molecule has 1 aliphatic rings. The summed E-state index contributed by atoms with van der Waals surface area (Å²) >= 11 is 5.81. The smallest absolute Gasteiger partial charge is 0.170 e. The van der Waals surface area contributed by atoms with Gasteiger partial charge in [0.1, 0.15) is 0 Å². The molecule has 1 saturated heterocycles. The molecule has 4 heterocycles. The maximum Gasteiger partial charge on any atom is 0.170 e. The molecular weight excluding hydrogens is 402 g/mol. The number of nitrogens with zero attached hydrogens (tertiary/aromatic N) is 4. The van der Waals surface area contributed by atoms with Crippen LogP contribution in [0.1, 0.15) is 34.6 Å². The average Bonchev–Trinajstić information content (AvgIpc) is 3.40. The highest BCUT2D eigenvalue weighted by atomic mass is 32.1. The van der Waals surface area contributed by atoms with Crippen LogP contribution in [0.4, 0.5) is 0 Å². The summed E-state index contributed by atoms with van der Waals surface area (Å²) in [5, 5.41) is 4.25. The van der Waals surface area contributed by atoms with Gasteiger partial charge in [0.05, 0.1) is 17.8 Å². The van der Waals surface area contributed by atoms with Crippen molar-refractivity contribution in [1.82, 2.24) is 24.8 Å². The first-order chi connectivity index (χ1) is 15.2. The van der Waals surface area contributed by atoms with E-state index in [0.717, 1.165) is 27.8 Å². The van der Waals surface area contributed by atoms with Crippen molar-refractivity contribution in [2.24, 2.45) is 0 Å². The zero-order valence-corrected chi connectivity index (χ0v) is 18.0. The van der Waals surface area contributed by atoms with Crippen molar-refractivity contribution < 1.29 is 0 Å². The molecule has 1 aliphatic heterocycles. The minimum absolute atomic E-state index is 0.0156. The van der Waals surface area contributed by atoms with Crippen molar-refractivity contribution in [2.45, 2.75) is 25.6 Å². The lowest BCUT2D eigenvalue weighted by Crippen LogP contribution is -2.30. The van der Waals surface area contributed by atoms with Crippen LogP contribution in [0.25, 0.3) is 5.69 Å². The Hall–Kier alpha value is -3.51. The van der Waals surface area contributed by atoms with Gasteiger partial charge in [0.15, 0.2) is 5.11 Å². The Morgan fingerprint density at radius 2 is 1.94 bits per heavy atom. The van der Waals surface area contributed by atoms with Crippen LogP contribution in [0.5, 0.6) is 0 Å². The predicted molar refractivity (Wildman–Crippen MR) is 126 cm³/mol. The lowest BCUT2D eigenvalue weighted by atomic mass is 10.0. The summed E-state index contributed by atoms with van der Waals surface area (Å²) in [6.45, 7) is 2.79. The molecule has 5 nitrogen and oxygen atoms in total. The van der Waals surface area contributed by atoms with Crippen molar-refractivity contribution in [1.29, 1.82) is 0 Å². The van der Waals surface area contributed by atoms with Crippen molar-refractivity contribution in [2.75, 3.05) is 0 Å². The van der Waals surface area contributed by atoms with E-state index < -0.39 is 0 Å². The van der Waals surface area contributed by atoms with Crippen LogP contribution < -0.4 is 5.32 Å². The van der Waals surface area contributed by atoms with Crippen LogP contribution in [0.3, 0.4) is 0 Å². The van der Waals surface area contributed by atoms with Crippen molar-refractivity contribution >= 4 is 17.3 Å². The van der Waals surface area contributed by atoms with E-state index in [1.165, 1.54) is 5.56 Å². The number of hydrogen-bond acceptors (Lipinski definition) is 3. The van der Waals surface area contributed by atoms with Crippen molar-refractivity contribution in [3.05, 3.63) is 114 Å². The van der Waals surface area contributed by atoms with Gasteiger partial charge in [-0.25, -0.2) is 0 Å². The van der Waals surface area contributed by atoms with E-state index in [1.807, 2.05) is 30.6 Å². The SMILES string of the molecule is Cc1cccc(-n2cccc2[C@@H]2[C@@H](c3ccccn3)NC(=S)N2Cc2cccnc2)c1. The molecule has 0 unspecified atom stereocenters. The number of pyridine rings is 2. The molecule has 154 valence electrons. The van der Waals surface area contributed by atoms with Crippen LogP contribution in [-0.2, 0) is 6.54 Å². The topological polar surface area (TPSA) is 46.0 Å². The predicted octanol–water partition coefficient (Wildman–Crippen LogP) is 4.75. The number of nitrogens with one attached hydrogen (secondary N) is 1. The molecule has 5 rings (SSSR count). The Labute approximate surface area is 187 Å². The molecule has 1 N–H and O–H groups in total. The van der Waals surface area contributed by atoms with Gasteiger partial charge in [-0.05, 0) is 72.7 Å². The number of thiocarbonyl (C=S) groups is 1. The zero-order valence-electron chi connectivity index (χ0n) is 17.2. The molecule has 0 aliphatic carbocycles. The minimum atomic E-state index is -0.0520. The second kappa shape index (κ2) is 8.32. The first-order valence-electron chi connectivity index (χ1n) is 10.3. The Balaban J connectivity index is 1.61. The third-order valence-electron chi connectivity index (χ3n) is 5.64. The highest BCUT2D eigenvalue weighted by molar-refractivity contribution is 7.80. The molecule has 1 aromatic carbocycles. The molecule has 3 aromatic heterocycles. The van der Waals surface area contributed by atoms with Gasteiger partial charge < -0.3 is 14.8 Å². The summed E-state index contributed by atoms with van der Waals surface area (Å²) in [4.78, 5) is 11.2. The molecule has 6 heteroatoms. The number of aromatic nitrogens is 3. The molecule has 31 heavy (non-hydrogen) atoms. The Morgan fingerprint density at radius 3 is 2.71 bits per heavy atom. The molecule has 2 atom stereocenters. The van der Waals surface area contributed by atoms with Gasteiger partial charge in [-0.3, -0.25) is 9.97 Å². The van der Waals surface area contributed by atoms with Gasteiger partial charge in [-0.2, -0.15) is 0 Å². The molecular formula is C25H23N5S. The standard InChI is InChI=1S/C25H23N5S/c1-18-7-4-9-20(15-18)29-14-6-11-22(29)24-23(21-10-2-3-13-27-21)28-25(31)30(24)17-19-8-5-12-26-16-19/h2-16,23-24H,17H2,1H3,(H,28,31)/t23-,24-/m1/s1. The Kier molecular flexibility index (Phi) is 5.22. The van der Waals surface area contributed by atoms with Gasteiger partial charge in [-0.15, -0.1) is 0 Å². The zero-order chi connectivity index (χ0) is 21.2. The lowest BCUT2D eigenvalue weighted by Gasteiger charge is -2.29. The van der Waals surface area contributed by atoms with Crippen LogP contribution in [0.2, 0.25) is 0 Å². The second-order valence-electron chi connectivity index (χ2n) is 7.76. The van der Waals surface area contributed by atoms with Crippen LogP contribution >= 0.6 is 12.2 Å². The van der Waals surface area contributed by atoms with Gasteiger partial charge in [-0.1, -0.05) is 24.3 Å². The fraction of sp³-hybridized carbons (Fsp3) is 0.160. The van der Waals surface area contributed by atoms with E-state index in [9.17, 15) is 0 Å². The lowest BCUT2D eigenvalue weighted by molar-refractivity contribution is 0.302. The van der Waals surface area contributed by atoms with Gasteiger partial charge >= 0.3 is 0 Å². The quantitative estimate of drug-likeness (QED) is 0.468. The summed E-state index contributed by atoms with van der Waals surface area (Å²) < 4.78 is 2.25. The van der Waals surface area contributed by atoms with E-state index in [4.69, 9.17) is 12.2 Å². The number of rotatable bonds is 5. The molecule has 0 radical (unpaired) electrons. The fourth-order valence-electron chi connectivity index (χ4n) is 4.23. The second-order valence-corrected chi connectivity index (χ2v) is 8.14. The normalized spacial score (nSPS) is 18.2. The highest BCUT2D eigenvalue weighted by Crippen LogP contribution is 2.40. The van der Waals surface area contributed by atoms with E-state index in [1.54, 1.807) is 6.20 Å². The number of benzene rings is 1. The van der Waals surface area contributed by atoms with Crippen LogP contribution in [0.15, 0.2) is 91.5 Å². The molecule has 1 fully saturated rings. The van der Waals surface area contributed by atoms with Crippen LogP contribution in [-0.4, -0.2) is 24.5 Å². The molecule has 0 saturated carbocycles. The third-order valence-corrected chi connectivity index (χ3v) is 5.99. The third kappa shape index (κ3) is 3.82. The summed E-state index contributed by atoms with van der Waals surface area (Å²) in [5.74, 6) is 0. The number of aryl methyl sites for hydroxylation is 1. The van der Waals surface area contributed by atoms with Crippen molar-refractivity contribution in [3.63, 3.8) is 0 Å². The van der Waals surface area contributed by atoms with Gasteiger partial charge in [0.25, 0.3) is 0 Å². The summed E-state index contributed by atoms with van der Waals surface area (Å²) in [6, 6.07) is 22.8. The monoisotopic (exact) mass is 425 g/mol. The summed E-state index contributed by atoms with van der Waals surface area (Å²) in [6.07, 6.45) is 7.64. The molecule has 0 bridgehead atoms.